The largest absolute Gasteiger partial charge is 0.496 e. The van der Waals surface area contributed by atoms with Crippen molar-refractivity contribution in [2.75, 3.05) is 13.7 Å². The quantitative estimate of drug-likeness (QED) is 0.478. The number of nitrogens with zero attached hydrogens (tertiary/aromatic N) is 6. The summed E-state index contributed by atoms with van der Waals surface area (Å²) >= 11 is 0. The van der Waals surface area contributed by atoms with Crippen LogP contribution in [0, 0.1) is 0 Å². The Bertz CT molecular complexity index is 1400. The van der Waals surface area contributed by atoms with Crippen LogP contribution in [0.4, 0.5) is 13.2 Å². The van der Waals surface area contributed by atoms with Crippen molar-refractivity contribution in [2.45, 2.75) is 76.7 Å². The van der Waals surface area contributed by atoms with Crippen LogP contribution in [0.5, 0.6) is 5.75 Å². The van der Waals surface area contributed by atoms with Crippen molar-refractivity contribution in [2.24, 2.45) is 7.05 Å². The molecule has 4 heterocycles. The number of rotatable bonds is 7. The molecule has 1 amide bonds. The number of hydrogen-bond donors (Lipinski definition) is 1. The molecular formula is C27H33F3N6O3. The van der Waals surface area contributed by atoms with E-state index >= 15 is 0 Å². The molecule has 210 valence electrons. The minimum Gasteiger partial charge on any atom is -0.496 e. The number of tetrazole rings is 1. The molecule has 1 fully saturated rings. The molecule has 3 aromatic rings. The summed E-state index contributed by atoms with van der Waals surface area (Å²) in [6.07, 6.45) is -4.53. The molecule has 39 heavy (non-hydrogen) atoms. The van der Waals surface area contributed by atoms with Gasteiger partial charge in [0.1, 0.15) is 11.4 Å². The third kappa shape index (κ3) is 4.79. The number of likely N-dealkylation sites (tertiary alicyclic amines) is 1. The second-order valence-corrected chi connectivity index (χ2v) is 10.6. The molecule has 1 N–H and O–H groups in total. The molecule has 1 aromatic carbocycles. The van der Waals surface area contributed by atoms with E-state index in [1.54, 1.807) is 21.1 Å². The van der Waals surface area contributed by atoms with Crippen LogP contribution in [0.3, 0.4) is 0 Å². The molecule has 0 bridgehead atoms. The molecule has 9 nitrogen and oxygen atoms in total. The molecule has 0 aliphatic carbocycles. The third-order valence-electron chi connectivity index (χ3n) is 8.02. The van der Waals surface area contributed by atoms with E-state index in [1.165, 1.54) is 9.70 Å². The van der Waals surface area contributed by atoms with Crippen LogP contribution in [-0.4, -0.2) is 72.2 Å². The number of halogens is 3. The van der Waals surface area contributed by atoms with E-state index in [9.17, 15) is 23.1 Å². The van der Waals surface area contributed by atoms with Crippen molar-refractivity contribution in [3.63, 3.8) is 0 Å². The van der Waals surface area contributed by atoms with E-state index in [1.807, 2.05) is 22.8 Å². The normalized spacial score (nSPS) is 19.6. The smallest absolute Gasteiger partial charge is 0.391 e. The van der Waals surface area contributed by atoms with Gasteiger partial charge in [0.15, 0.2) is 0 Å². The molecule has 2 aliphatic rings. The number of aliphatic hydroxyl groups excluding tert-OH is 1. The number of aromatic nitrogens is 5. The lowest BCUT2D eigenvalue weighted by Crippen LogP contribution is -2.54. The highest BCUT2D eigenvalue weighted by atomic mass is 19.4. The van der Waals surface area contributed by atoms with Gasteiger partial charge in [-0.3, -0.25) is 4.79 Å². The number of aryl methyl sites for hydroxylation is 3. The Balaban J connectivity index is 1.59. The molecule has 2 atom stereocenters. The zero-order chi connectivity index (χ0) is 28.1. The number of methoxy groups -OCH3 is 1. The van der Waals surface area contributed by atoms with Crippen LogP contribution < -0.4 is 4.74 Å². The van der Waals surface area contributed by atoms with Gasteiger partial charge < -0.3 is 19.3 Å². The maximum absolute atomic E-state index is 14.0. The molecule has 5 rings (SSSR count). The van der Waals surface area contributed by atoms with Gasteiger partial charge in [-0.1, -0.05) is 13.3 Å². The summed E-state index contributed by atoms with van der Waals surface area (Å²) in [6.45, 7) is 4.45. The Morgan fingerprint density at radius 2 is 2.00 bits per heavy atom. The predicted octanol–water partition coefficient (Wildman–Crippen LogP) is 4.17. The number of ether oxygens (including phenoxy) is 1. The zero-order valence-electron chi connectivity index (χ0n) is 22.5. The van der Waals surface area contributed by atoms with Crippen LogP contribution in [0.25, 0.3) is 22.6 Å². The average molecular weight is 547 g/mol. The number of carbonyl (C=O) groups excluding carboxylic acids is 1. The lowest BCUT2D eigenvalue weighted by molar-refractivity contribution is -0.166. The maximum Gasteiger partial charge on any atom is 0.391 e. The fourth-order valence-corrected chi connectivity index (χ4v) is 6.05. The Hall–Kier alpha value is -3.41. The number of hydrogen-bond acceptors (Lipinski definition) is 6. The number of benzene rings is 1. The standard InChI is InChI=1S/C27H33F3N6O3/c1-5-7-17-12-20(25(38)36-10-6-9-26(36,2)22(37)15-27(28,29)30)35-11-8-16-13-21(39-4)19(14-18(16)23(17)35)24-31-33-34(3)32-24/h12-14,22,37H,5-11,15H2,1-4H3/t22-,26-/m0/s1. The van der Waals surface area contributed by atoms with E-state index in [2.05, 4.69) is 22.3 Å². The minimum atomic E-state index is -4.53. The zero-order valence-corrected chi connectivity index (χ0v) is 22.5. The number of alkyl halides is 3. The Kier molecular flexibility index (Phi) is 6.94. The fourth-order valence-electron chi connectivity index (χ4n) is 6.05. The first-order valence-electron chi connectivity index (χ1n) is 13.2. The SMILES string of the molecule is CCCc1cc(C(=O)N2CCC[C@@]2(C)[C@@H](O)CC(F)(F)F)n2c1-c1cc(-c3nnn(C)n3)c(OC)cc1CC2. The summed E-state index contributed by atoms with van der Waals surface area (Å²) < 4.78 is 47.1. The second-order valence-electron chi connectivity index (χ2n) is 10.6. The highest BCUT2D eigenvalue weighted by molar-refractivity contribution is 5.96. The summed E-state index contributed by atoms with van der Waals surface area (Å²) in [5.41, 5.74) is 3.71. The molecule has 2 aliphatic heterocycles. The monoisotopic (exact) mass is 546 g/mol. The third-order valence-corrected chi connectivity index (χ3v) is 8.02. The topological polar surface area (TPSA) is 98.3 Å². The van der Waals surface area contributed by atoms with E-state index in [0.29, 0.717) is 55.2 Å². The van der Waals surface area contributed by atoms with Gasteiger partial charge in [0, 0.05) is 18.7 Å². The van der Waals surface area contributed by atoms with Crippen LogP contribution in [0.2, 0.25) is 0 Å². The molecule has 0 saturated carbocycles. The van der Waals surface area contributed by atoms with Crippen molar-refractivity contribution in [3.8, 4) is 28.4 Å². The molecule has 12 heteroatoms. The lowest BCUT2D eigenvalue weighted by Gasteiger charge is -2.39. The number of fused-ring (bicyclic) bond motifs is 3. The van der Waals surface area contributed by atoms with Gasteiger partial charge in [-0.15, -0.1) is 10.2 Å². The van der Waals surface area contributed by atoms with Gasteiger partial charge >= 0.3 is 6.18 Å². The van der Waals surface area contributed by atoms with Gasteiger partial charge in [0.25, 0.3) is 5.91 Å². The van der Waals surface area contributed by atoms with E-state index in [-0.39, 0.29) is 5.91 Å². The molecule has 0 radical (unpaired) electrons. The molecular weight excluding hydrogens is 513 g/mol. The second kappa shape index (κ2) is 9.96. The summed E-state index contributed by atoms with van der Waals surface area (Å²) in [4.78, 5) is 16.8. The van der Waals surface area contributed by atoms with Crippen LogP contribution >= 0.6 is 0 Å². The summed E-state index contributed by atoms with van der Waals surface area (Å²) in [5.74, 6) is 0.690. The first-order chi connectivity index (χ1) is 18.5. The van der Waals surface area contributed by atoms with Gasteiger partial charge in [0.05, 0.1) is 43.5 Å². The molecule has 0 spiro atoms. The summed E-state index contributed by atoms with van der Waals surface area (Å²) in [7, 11) is 3.27. The molecule has 2 aromatic heterocycles. The van der Waals surface area contributed by atoms with Crippen molar-refractivity contribution in [1.82, 2.24) is 29.7 Å². The maximum atomic E-state index is 14.0. The highest BCUT2D eigenvalue weighted by Gasteiger charge is 2.49. The highest BCUT2D eigenvalue weighted by Crippen LogP contribution is 2.43. The van der Waals surface area contributed by atoms with Gasteiger partial charge in [-0.05, 0) is 67.1 Å². The number of carbonyl (C=O) groups is 1. The van der Waals surface area contributed by atoms with Crippen molar-refractivity contribution >= 4 is 5.91 Å². The van der Waals surface area contributed by atoms with Crippen LogP contribution in [0.1, 0.15) is 61.1 Å². The first-order valence-corrected chi connectivity index (χ1v) is 13.2. The Labute approximate surface area is 224 Å². The van der Waals surface area contributed by atoms with Crippen LogP contribution in [-0.2, 0) is 26.4 Å². The van der Waals surface area contributed by atoms with Gasteiger partial charge in [0.2, 0.25) is 5.82 Å². The number of amides is 1. The van der Waals surface area contributed by atoms with Crippen molar-refractivity contribution in [1.29, 1.82) is 0 Å². The Morgan fingerprint density at radius 3 is 2.64 bits per heavy atom. The van der Waals surface area contributed by atoms with Crippen molar-refractivity contribution < 1.29 is 27.8 Å². The number of aliphatic hydroxyl groups is 1. The lowest BCUT2D eigenvalue weighted by atomic mass is 9.89. The fraction of sp³-hybridized carbons (Fsp3) is 0.556. The molecule has 0 unspecified atom stereocenters. The summed E-state index contributed by atoms with van der Waals surface area (Å²) in [5, 5.41) is 23.0. The van der Waals surface area contributed by atoms with E-state index in [4.69, 9.17) is 4.74 Å². The summed E-state index contributed by atoms with van der Waals surface area (Å²) in [6, 6.07) is 5.81. The van der Waals surface area contributed by atoms with Gasteiger partial charge in [-0.25, -0.2) is 0 Å². The molecule has 1 saturated heterocycles. The van der Waals surface area contributed by atoms with Crippen LogP contribution in [0.15, 0.2) is 18.2 Å². The minimum absolute atomic E-state index is 0.296. The van der Waals surface area contributed by atoms with E-state index < -0.39 is 24.2 Å². The van der Waals surface area contributed by atoms with Gasteiger partial charge in [-0.2, -0.15) is 18.0 Å². The van der Waals surface area contributed by atoms with Crippen molar-refractivity contribution in [3.05, 3.63) is 35.0 Å². The Morgan fingerprint density at radius 1 is 1.23 bits per heavy atom. The van der Waals surface area contributed by atoms with E-state index in [0.717, 1.165) is 35.2 Å². The average Bonchev–Trinajstić information content (AvgIpc) is 3.59. The predicted molar refractivity (Wildman–Crippen MR) is 137 cm³/mol. The first kappa shape index (κ1) is 27.2.